The second-order valence-corrected chi connectivity index (χ2v) is 6.20. The maximum Gasteiger partial charge on any atom is 0.247 e. The van der Waals surface area contributed by atoms with Crippen molar-refractivity contribution in [3.05, 3.63) is 71.5 Å². The summed E-state index contributed by atoms with van der Waals surface area (Å²) in [6.07, 6.45) is -0.476. The molecule has 0 spiro atoms. The summed E-state index contributed by atoms with van der Waals surface area (Å²) in [6.45, 7) is 2.80. The molecule has 1 aliphatic rings. The fourth-order valence-corrected chi connectivity index (χ4v) is 2.99. The van der Waals surface area contributed by atoms with Gasteiger partial charge in [-0.1, -0.05) is 48.5 Å². The lowest BCUT2D eigenvalue weighted by Crippen LogP contribution is -2.54. The number of halogens is 2. The minimum absolute atomic E-state index is 0. The number of benzene rings is 2. The predicted molar refractivity (Wildman–Crippen MR) is 96.9 cm³/mol. The second kappa shape index (κ2) is 7.95. The number of nitrogens with zero attached hydrogens (tertiary/aromatic N) is 1. The smallest absolute Gasteiger partial charge is 0.247 e. The van der Waals surface area contributed by atoms with Crippen LogP contribution in [-0.2, 0) is 15.1 Å². The molecule has 134 valence electrons. The summed E-state index contributed by atoms with van der Waals surface area (Å²) in [5, 5.41) is 0. The summed E-state index contributed by atoms with van der Waals surface area (Å²) >= 11 is 0. The van der Waals surface area contributed by atoms with Crippen molar-refractivity contribution in [2.75, 3.05) is 19.7 Å². The van der Waals surface area contributed by atoms with Gasteiger partial charge in [0.25, 0.3) is 0 Å². The van der Waals surface area contributed by atoms with Gasteiger partial charge >= 0.3 is 0 Å². The predicted octanol–water partition coefficient (Wildman–Crippen LogP) is 3.02. The summed E-state index contributed by atoms with van der Waals surface area (Å²) in [6, 6.07) is 15.8. The first-order chi connectivity index (χ1) is 11.5. The summed E-state index contributed by atoms with van der Waals surface area (Å²) in [7, 11) is 0. The van der Waals surface area contributed by atoms with Crippen molar-refractivity contribution in [3.8, 4) is 0 Å². The standard InChI is InChI=1S/C19H21FN2O2.ClH/c1-19(21,14-7-3-2-4-8-14)18(23)22-11-12-24-17(13-22)15-9-5-6-10-16(15)20;/h2-10,17H,11-13,21H2,1H3;1H. The van der Waals surface area contributed by atoms with Crippen molar-refractivity contribution >= 4 is 18.3 Å². The summed E-state index contributed by atoms with van der Waals surface area (Å²) in [4.78, 5) is 14.6. The Hall–Kier alpha value is -1.95. The van der Waals surface area contributed by atoms with Gasteiger partial charge in [-0.3, -0.25) is 4.79 Å². The third-order valence-electron chi connectivity index (χ3n) is 4.42. The van der Waals surface area contributed by atoms with Crippen molar-refractivity contribution in [2.45, 2.75) is 18.6 Å². The molecule has 6 heteroatoms. The van der Waals surface area contributed by atoms with Crippen LogP contribution in [0.3, 0.4) is 0 Å². The Morgan fingerprint density at radius 3 is 2.52 bits per heavy atom. The Balaban J connectivity index is 0.00000225. The molecule has 2 aromatic carbocycles. The van der Waals surface area contributed by atoms with Gasteiger partial charge in [0.15, 0.2) is 0 Å². The number of hydrogen-bond donors (Lipinski definition) is 1. The Kier molecular flexibility index (Phi) is 6.16. The molecule has 2 N–H and O–H groups in total. The van der Waals surface area contributed by atoms with E-state index in [0.29, 0.717) is 25.3 Å². The molecule has 0 bridgehead atoms. The Morgan fingerprint density at radius 1 is 1.20 bits per heavy atom. The number of morpholine rings is 1. The number of hydrogen-bond acceptors (Lipinski definition) is 3. The number of carbonyl (C=O) groups excluding carboxylic acids is 1. The highest BCUT2D eigenvalue weighted by molar-refractivity contribution is 5.87. The van der Waals surface area contributed by atoms with E-state index >= 15 is 0 Å². The van der Waals surface area contributed by atoms with Crippen LogP contribution >= 0.6 is 12.4 Å². The van der Waals surface area contributed by atoms with Crippen LogP contribution in [0.2, 0.25) is 0 Å². The van der Waals surface area contributed by atoms with Crippen LogP contribution < -0.4 is 5.73 Å². The molecular formula is C19H22ClFN2O2. The van der Waals surface area contributed by atoms with Gasteiger partial charge in [-0.25, -0.2) is 4.39 Å². The lowest BCUT2D eigenvalue weighted by molar-refractivity contribution is -0.144. The number of rotatable bonds is 3. The van der Waals surface area contributed by atoms with Crippen molar-refractivity contribution in [3.63, 3.8) is 0 Å². The van der Waals surface area contributed by atoms with E-state index in [2.05, 4.69) is 0 Å². The molecule has 0 saturated carbocycles. The van der Waals surface area contributed by atoms with E-state index in [-0.39, 0.29) is 24.1 Å². The van der Waals surface area contributed by atoms with Crippen LogP contribution in [0, 0.1) is 5.82 Å². The van der Waals surface area contributed by atoms with Gasteiger partial charge in [-0.05, 0) is 18.6 Å². The fourth-order valence-electron chi connectivity index (χ4n) is 2.99. The minimum Gasteiger partial charge on any atom is -0.370 e. The first-order valence-electron chi connectivity index (χ1n) is 8.00. The molecule has 1 heterocycles. The van der Waals surface area contributed by atoms with E-state index in [0.717, 1.165) is 5.56 Å². The molecular weight excluding hydrogens is 343 g/mol. The summed E-state index contributed by atoms with van der Waals surface area (Å²) < 4.78 is 19.7. The quantitative estimate of drug-likeness (QED) is 0.910. The van der Waals surface area contributed by atoms with E-state index in [1.165, 1.54) is 6.07 Å². The third kappa shape index (κ3) is 4.00. The van der Waals surface area contributed by atoms with Crippen molar-refractivity contribution in [2.24, 2.45) is 5.73 Å². The average Bonchev–Trinajstić information content (AvgIpc) is 2.62. The van der Waals surface area contributed by atoms with E-state index in [1.807, 2.05) is 30.3 Å². The summed E-state index contributed by atoms with van der Waals surface area (Å²) in [5.41, 5.74) is 6.41. The van der Waals surface area contributed by atoms with E-state index < -0.39 is 11.6 Å². The van der Waals surface area contributed by atoms with Gasteiger partial charge in [-0.2, -0.15) is 0 Å². The molecule has 2 unspecified atom stereocenters. The molecule has 4 nitrogen and oxygen atoms in total. The van der Waals surface area contributed by atoms with Gasteiger partial charge in [0.1, 0.15) is 17.5 Å². The van der Waals surface area contributed by atoms with Crippen LogP contribution in [0.25, 0.3) is 0 Å². The van der Waals surface area contributed by atoms with Crippen molar-refractivity contribution < 1.29 is 13.9 Å². The SMILES string of the molecule is CC(N)(C(=O)N1CCOC(c2ccccc2F)C1)c1ccccc1.Cl. The molecule has 0 radical (unpaired) electrons. The zero-order chi connectivity index (χ0) is 17.2. The first kappa shape index (κ1) is 19.4. The number of ether oxygens (including phenoxy) is 1. The average molecular weight is 365 g/mol. The van der Waals surface area contributed by atoms with Gasteiger partial charge in [0, 0.05) is 12.1 Å². The van der Waals surface area contributed by atoms with Gasteiger partial charge < -0.3 is 15.4 Å². The highest BCUT2D eigenvalue weighted by Gasteiger charge is 2.37. The van der Waals surface area contributed by atoms with Crippen LogP contribution in [-0.4, -0.2) is 30.5 Å². The second-order valence-electron chi connectivity index (χ2n) is 6.20. The van der Waals surface area contributed by atoms with Crippen LogP contribution in [0.4, 0.5) is 4.39 Å². The molecule has 3 rings (SSSR count). The first-order valence-corrected chi connectivity index (χ1v) is 8.00. The Bertz CT molecular complexity index is 724. The Morgan fingerprint density at radius 2 is 1.84 bits per heavy atom. The maximum absolute atomic E-state index is 14.0. The molecule has 1 saturated heterocycles. The summed E-state index contributed by atoms with van der Waals surface area (Å²) in [5.74, 6) is -0.506. The van der Waals surface area contributed by atoms with Crippen molar-refractivity contribution in [1.29, 1.82) is 0 Å². The van der Waals surface area contributed by atoms with E-state index in [1.54, 1.807) is 30.0 Å². The molecule has 1 amide bonds. The Labute approximate surface area is 153 Å². The maximum atomic E-state index is 14.0. The highest BCUT2D eigenvalue weighted by atomic mass is 35.5. The number of carbonyl (C=O) groups is 1. The normalized spacial score (nSPS) is 19.6. The van der Waals surface area contributed by atoms with E-state index in [9.17, 15) is 9.18 Å². The van der Waals surface area contributed by atoms with Gasteiger partial charge in [0.05, 0.1) is 13.2 Å². The zero-order valence-corrected chi connectivity index (χ0v) is 14.8. The molecule has 1 aliphatic heterocycles. The van der Waals surface area contributed by atoms with E-state index in [4.69, 9.17) is 10.5 Å². The fraction of sp³-hybridized carbons (Fsp3) is 0.316. The molecule has 2 aromatic rings. The zero-order valence-electron chi connectivity index (χ0n) is 14.0. The van der Waals surface area contributed by atoms with Crippen molar-refractivity contribution in [1.82, 2.24) is 4.90 Å². The topological polar surface area (TPSA) is 55.6 Å². The molecule has 1 fully saturated rings. The molecule has 0 aromatic heterocycles. The molecule has 25 heavy (non-hydrogen) atoms. The largest absolute Gasteiger partial charge is 0.370 e. The minimum atomic E-state index is -1.13. The number of amides is 1. The molecule has 2 atom stereocenters. The lowest BCUT2D eigenvalue weighted by atomic mass is 9.91. The van der Waals surface area contributed by atoms with Gasteiger partial charge in [0.2, 0.25) is 5.91 Å². The third-order valence-corrected chi connectivity index (χ3v) is 4.42. The monoisotopic (exact) mass is 364 g/mol. The van der Waals surface area contributed by atoms with Crippen LogP contribution in [0.15, 0.2) is 54.6 Å². The highest BCUT2D eigenvalue weighted by Crippen LogP contribution is 2.27. The lowest BCUT2D eigenvalue weighted by Gasteiger charge is -2.37. The number of nitrogens with two attached hydrogens (primary N) is 1. The van der Waals surface area contributed by atoms with Crippen LogP contribution in [0.5, 0.6) is 0 Å². The van der Waals surface area contributed by atoms with Crippen LogP contribution in [0.1, 0.15) is 24.2 Å². The molecule has 0 aliphatic carbocycles. The van der Waals surface area contributed by atoms with Gasteiger partial charge in [-0.15, -0.1) is 12.4 Å².